The van der Waals surface area contributed by atoms with Crippen molar-refractivity contribution < 1.29 is 9.90 Å². The van der Waals surface area contributed by atoms with E-state index in [1.807, 2.05) is 18.2 Å². The van der Waals surface area contributed by atoms with E-state index in [-0.39, 0.29) is 5.91 Å². The number of nitrogens with one attached hydrogen (secondary N) is 1. The van der Waals surface area contributed by atoms with Gasteiger partial charge in [0.2, 0.25) is 0 Å². The zero-order chi connectivity index (χ0) is 14.2. The molecule has 0 spiro atoms. The molecule has 1 aromatic rings. The molecule has 20 heavy (non-hydrogen) atoms. The third-order valence-corrected chi connectivity index (χ3v) is 4.26. The van der Waals surface area contributed by atoms with Crippen molar-refractivity contribution in [2.45, 2.75) is 38.2 Å². The Bertz CT molecular complexity index is 521. The van der Waals surface area contributed by atoms with Crippen LogP contribution in [0.15, 0.2) is 18.2 Å². The zero-order valence-electron chi connectivity index (χ0n) is 12.0. The van der Waals surface area contributed by atoms with Gasteiger partial charge >= 0.3 is 0 Å². The molecule has 1 amide bonds. The maximum absolute atomic E-state index is 12.4. The van der Waals surface area contributed by atoms with Crippen molar-refractivity contribution >= 4 is 11.6 Å². The molecule has 2 aliphatic rings. The van der Waals surface area contributed by atoms with Crippen LogP contribution in [-0.2, 0) is 6.42 Å². The number of benzene rings is 1. The summed E-state index contributed by atoms with van der Waals surface area (Å²) in [6.45, 7) is 4.00. The SMILES string of the molecule is CCCC1(O)CN(C(=O)c2ccc3c(c2)CCCN3)C1. The molecule has 0 aromatic heterocycles. The predicted molar refractivity (Wildman–Crippen MR) is 79.0 cm³/mol. The summed E-state index contributed by atoms with van der Waals surface area (Å²) in [6.07, 6.45) is 3.86. The zero-order valence-corrected chi connectivity index (χ0v) is 12.0. The van der Waals surface area contributed by atoms with Crippen LogP contribution >= 0.6 is 0 Å². The van der Waals surface area contributed by atoms with Gasteiger partial charge in [-0.05, 0) is 43.0 Å². The minimum absolute atomic E-state index is 0.0409. The van der Waals surface area contributed by atoms with Crippen molar-refractivity contribution in [2.24, 2.45) is 0 Å². The first-order valence-corrected chi connectivity index (χ1v) is 7.50. The molecule has 4 heteroatoms. The lowest BCUT2D eigenvalue weighted by Crippen LogP contribution is -2.63. The summed E-state index contributed by atoms with van der Waals surface area (Å²) < 4.78 is 0. The van der Waals surface area contributed by atoms with Crippen LogP contribution in [0.2, 0.25) is 0 Å². The Kier molecular flexibility index (Phi) is 3.42. The summed E-state index contributed by atoms with van der Waals surface area (Å²) in [6, 6.07) is 5.89. The number of aryl methyl sites for hydroxylation is 1. The van der Waals surface area contributed by atoms with Crippen LogP contribution in [-0.4, -0.2) is 41.1 Å². The molecule has 1 aromatic carbocycles. The van der Waals surface area contributed by atoms with Crippen LogP contribution in [0, 0.1) is 0 Å². The first-order chi connectivity index (χ1) is 9.61. The number of rotatable bonds is 3. The standard InChI is InChI=1S/C16H22N2O2/c1-2-7-16(20)10-18(11-16)15(19)13-5-6-14-12(9-13)4-3-8-17-14/h5-6,9,17,20H,2-4,7-8,10-11H2,1H3. The van der Waals surface area contributed by atoms with Crippen molar-refractivity contribution in [1.82, 2.24) is 4.90 Å². The van der Waals surface area contributed by atoms with E-state index in [2.05, 4.69) is 12.2 Å². The van der Waals surface area contributed by atoms with E-state index in [0.29, 0.717) is 13.1 Å². The summed E-state index contributed by atoms with van der Waals surface area (Å²) in [4.78, 5) is 14.1. The second-order valence-corrected chi connectivity index (χ2v) is 6.04. The van der Waals surface area contributed by atoms with Gasteiger partial charge in [-0.25, -0.2) is 0 Å². The van der Waals surface area contributed by atoms with Gasteiger partial charge in [0.15, 0.2) is 0 Å². The maximum Gasteiger partial charge on any atom is 0.254 e. The highest BCUT2D eigenvalue weighted by Crippen LogP contribution is 2.29. The fraction of sp³-hybridized carbons (Fsp3) is 0.562. The highest BCUT2D eigenvalue weighted by atomic mass is 16.3. The van der Waals surface area contributed by atoms with Crippen molar-refractivity contribution in [3.63, 3.8) is 0 Å². The lowest BCUT2D eigenvalue weighted by atomic mass is 9.88. The number of fused-ring (bicyclic) bond motifs is 1. The largest absolute Gasteiger partial charge is 0.386 e. The smallest absolute Gasteiger partial charge is 0.254 e. The summed E-state index contributed by atoms with van der Waals surface area (Å²) in [5, 5.41) is 13.5. The second kappa shape index (κ2) is 5.09. The molecule has 0 aliphatic carbocycles. The molecule has 1 saturated heterocycles. The van der Waals surface area contributed by atoms with E-state index in [4.69, 9.17) is 0 Å². The fourth-order valence-corrected chi connectivity index (χ4v) is 3.22. The number of β-amino-alcohol motifs (C(OH)–C–C–N with tert-alkyl or cyclic N) is 1. The minimum Gasteiger partial charge on any atom is -0.386 e. The molecular weight excluding hydrogens is 252 g/mol. The van der Waals surface area contributed by atoms with Gasteiger partial charge in [-0.1, -0.05) is 13.3 Å². The van der Waals surface area contributed by atoms with Gasteiger partial charge in [0.05, 0.1) is 18.7 Å². The average molecular weight is 274 g/mol. The van der Waals surface area contributed by atoms with E-state index in [1.165, 1.54) is 5.56 Å². The molecule has 0 unspecified atom stereocenters. The van der Waals surface area contributed by atoms with Gasteiger partial charge < -0.3 is 15.3 Å². The summed E-state index contributed by atoms with van der Waals surface area (Å²) >= 11 is 0. The predicted octanol–water partition coefficient (Wildman–Crippen LogP) is 2.03. The molecule has 1 fully saturated rings. The third-order valence-electron chi connectivity index (χ3n) is 4.26. The number of likely N-dealkylation sites (tertiary alicyclic amines) is 1. The second-order valence-electron chi connectivity index (χ2n) is 6.04. The molecule has 0 atom stereocenters. The van der Waals surface area contributed by atoms with E-state index < -0.39 is 5.60 Å². The first kappa shape index (κ1) is 13.4. The molecular formula is C16H22N2O2. The van der Waals surface area contributed by atoms with Gasteiger partial charge in [-0.15, -0.1) is 0 Å². The molecule has 3 rings (SSSR count). The van der Waals surface area contributed by atoms with Crippen molar-refractivity contribution in [3.8, 4) is 0 Å². The van der Waals surface area contributed by atoms with E-state index >= 15 is 0 Å². The normalized spacial score (nSPS) is 19.8. The maximum atomic E-state index is 12.4. The number of nitrogens with zero attached hydrogens (tertiary/aromatic N) is 1. The van der Waals surface area contributed by atoms with Crippen molar-refractivity contribution in [2.75, 3.05) is 25.0 Å². The topological polar surface area (TPSA) is 52.6 Å². The number of carbonyl (C=O) groups is 1. The Morgan fingerprint density at radius 3 is 3.00 bits per heavy atom. The van der Waals surface area contributed by atoms with Crippen LogP contribution in [0.25, 0.3) is 0 Å². The van der Waals surface area contributed by atoms with Gasteiger partial charge in [0, 0.05) is 17.8 Å². The Morgan fingerprint density at radius 1 is 1.45 bits per heavy atom. The van der Waals surface area contributed by atoms with Crippen molar-refractivity contribution in [1.29, 1.82) is 0 Å². The van der Waals surface area contributed by atoms with Gasteiger partial charge in [0.25, 0.3) is 5.91 Å². The average Bonchev–Trinajstić information content (AvgIpc) is 2.43. The highest BCUT2D eigenvalue weighted by molar-refractivity contribution is 5.95. The molecule has 0 saturated carbocycles. The monoisotopic (exact) mass is 274 g/mol. The Hall–Kier alpha value is -1.55. The Labute approximate surface area is 119 Å². The number of anilines is 1. The Balaban J connectivity index is 1.70. The van der Waals surface area contributed by atoms with Gasteiger partial charge in [0.1, 0.15) is 0 Å². The van der Waals surface area contributed by atoms with Gasteiger partial charge in [-0.3, -0.25) is 4.79 Å². The van der Waals surface area contributed by atoms with E-state index in [9.17, 15) is 9.90 Å². The summed E-state index contributed by atoms with van der Waals surface area (Å²) in [5.41, 5.74) is 2.47. The molecule has 0 bridgehead atoms. The van der Waals surface area contributed by atoms with Crippen molar-refractivity contribution in [3.05, 3.63) is 29.3 Å². The number of carbonyl (C=O) groups excluding carboxylic acids is 1. The fourth-order valence-electron chi connectivity index (χ4n) is 3.22. The highest BCUT2D eigenvalue weighted by Gasteiger charge is 2.42. The molecule has 2 aliphatic heterocycles. The molecule has 0 radical (unpaired) electrons. The number of hydrogen-bond donors (Lipinski definition) is 2. The van der Waals surface area contributed by atoms with Crippen LogP contribution < -0.4 is 5.32 Å². The van der Waals surface area contributed by atoms with E-state index in [1.54, 1.807) is 4.90 Å². The molecule has 4 nitrogen and oxygen atoms in total. The number of amides is 1. The first-order valence-electron chi connectivity index (χ1n) is 7.50. The quantitative estimate of drug-likeness (QED) is 0.887. The van der Waals surface area contributed by atoms with Crippen LogP contribution in [0.4, 0.5) is 5.69 Å². The van der Waals surface area contributed by atoms with E-state index in [0.717, 1.165) is 43.5 Å². The third kappa shape index (κ3) is 2.40. The minimum atomic E-state index is -0.653. The van der Waals surface area contributed by atoms with Gasteiger partial charge in [-0.2, -0.15) is 0 Å². The molecule has 2 heterocycles. The number of hydrogen-bond acceptors (Lipinski definition) is 3. The van der Waals surface area contributed by atoms with Crippen LogP contribution in [0.3, 0.4) is 0 Å². The molecule has 108 valence electrons. The summed E-state index contributed by atoms with van der Waals surface area (Å²) in [7, 11) is 0. The van der Waals surface area contributed by atoms with Crippen LogP contribution in [0.1, 0.15) is 42.1 Å². The molecule has 2 N–H and O–H groups in total. The van der Waals surface area contributed by atoms with Crippen LogP contribution in [0.5, 0.6) is 0 Å². The summed E-state index contributed by atoms with van der Waals surface area (Å²) in [5.74, 6) is 0.0409. The number of aliphatic hydroxyl groups is 1. The lowest BCUT2D eigenvalue weighted by Gasteiger charge is -2.46. The Morgan fingerprint density at radius 2 is 2.25 bits per heavy atom. The lowest BCUT2D eigenvalue weighted by molar-refractivity contribution is -0.0860.